The molecule has 4 rings (SSSR count). The number of imide groups is 1. The molecule has 3 aliphatic rings. The summed E-state index contributed by atoms with van der Waals surface area (Å²) in [5.74, 6) is -0.455. The van der Waals surface area contributed by atoms with Gasteiger partial charge in [0.05, 0.1) is 22.7 Å². The van der Waals surface area contributed by atoms with Crippen molar-refractivity contribution in [3.05, 3.63) is 42.0 Å². The van der Waals surface area contributed by atoms with Crippen molar-refractivity contribution in [1.82, 2.24) is 10.2 Å². The van der Waals surface area contributed by atoms with Crippen molar-refractivity contribution in [3.63, 3.8) is 0 Å². The summed E-state index contributed by atoms with van der Waals surface area (Å²) in [5, 5.41) is 2.86. The molecule has 0 unspecified atom stereocenters. The number of anilines is 1. The van der Waals surface area contributed by atoms with Gasteiger partial charge >= 0.3 is 0 Å². The van der Waals surface area contributed by atoms with Crippen LogP contribution in [0.4, 0.5) is 5.69 Å². The van der Waals surface area contributed by atoms with Gasteiger partial charge in [-0.3, -0.25) is 19.3 Å². The van der Waals surface area contributed by atoms with Gasteiger partial charge in [0.1, 0.15) is 0 Å². The number of nitrogens with zero attached hydrogens (tertiary/aromatic N) is 2. The van der Waals surface area contributed by atoms with Crippen molar-refractivity contribution in [1.29, 1.82) is 0 Å². The van der Waals surface area contributed by atoms with E-state index < -0.39 is 0 Å². The smallest absolute Gasteiger partial charge is 0.263 e. The lowest BCUT2D eigenvalue weighted by Crippen LogP contribution is -2.43. The number of carbonyl (C=O) groups is 3. The normalized spacial score (nSPS) is 22.4. The van der Waals surface area contributed by atoms with Gasteiger partial charge in [-0.15, -0.1) is 6.58 Å². The molecule has 1 aromatic carbocycles. The number of hydrogen-bond acceptors (Lipinski definition) is 4. The molecule has 2 heterocycles. The van der Waals surface area contributed by atoms with E-state index in [1.54, 1.807) is 12.1 Å². The van der Waals surface area contributed by atoms with E-state index in [0.717, 1.165) is 37.9 Å². The molecule has 0 aromatic heterocycles. The van der Waals surface area contributed by atoms with Crippen LogP contribution < -0.4 is 10.2 Å². The van der Waals surface area contributed by atoms with Crippen LogP contribution in [0.3, 0.4) is 0 Å². The molecule has 6 heteroatoms. The Hall–Kier alpha value is -2.63. The van der Waals surface area contributed by atoms with E-state index in [0.29, 0.717) is 24.2 Å². The molecule has 1 aliphatic carbocycles. The first-order valence-corrected chi connectivity index (χ1v) is 9.26. The van der Waals surface area contributed by atoms with Crippen molar-refractivity contribution in [2.45, 2.75) is 31.7 Å². The topological polar surface area (TPSA) is 69.7 Å². The van der Waals surface area contributed by atoms with Crippen LogP contribution in [-0.4, -0.2) is 48.3 Å². The number of benzene rings is 1. The average molecular weight is 353 g/mol. The van der Waals surface area contributed by atoms with Crippen molar-refractivity contribution in [3.8, 4) is 0 Å². The molecule has 26 heavy (non-hydrogen) atoms. The zero-order valence-corrected chi connectivity index (χ0v) is 14.7. The van der Waals surface area contributed by atoms with Crippen LogP contribution in [0, 0.1) is 5.92 Å². The molecular formula is C20H23N3O3. The van der Waals surface area contributed by atoms with Crippen LogP contribution >= 0.6 is 0 Å². The van der Waals surface area contributed by atoms with Crippen molar-refractivity contribution >= 4 is 23.4 Å². The standard InChI is InChI=1S/C20H23N3O3/c1-2-10-21-18(24)13-5-4-11-22(12-13)16-7-3-6-15-17(16)20(26)23(19(15)25)14-8-9-14/h2-3,6-7,13-14H,1,4-5,8-12H2,(H,21,24)/t13-/m0/s1. The SMILES string of the molecule is C=CCNC(=O)[C@H]1CCCN(c2cccc3c2C(=O)N(C2CC2)C3=O)C1. The van der Waals surface area contributed by atoms with E-state index in [1.165, 1.54) is 4.90 Å². The van der Waals surface area contributed by atoms with E-state index in [9.17, 15) is 14.4 Å². The van der Waals surface area contributed by atoms with E-state index in [4.69, 9.17) is 0 Å². The fourth-order valence-electron chi connectivity index (χ4n) is 3.94. The van der Waals surface area contributed by atoms with Crippen molar-refractivity contribution < 1.29 is 14.4 Å². The third kappa shape index (κ3) is 2.79. The lowest BCUT2D eigenvalue weighted by atomic mass is 9.95. The quantitative estimate of drug-likeness (QED) is 0.649. The summed E-state index contributed by atoms with van der Waals surface area (Å²) in [6.07, 6.45) is 5.17. The first-order chi connectivity index (χ1) is 12.6. The van der Waals surface area contributed by atoms with E-state index in [-0.39, 0.29) is 29.7 Å². The number of hydrogen-bond donors (Lipinski definition) is 1. The fourth-order valence-corrected chi connectivity index (χ4v) is 3.94. The first-order valence-electron chi connectivity index (χ1n) is 9.26. The van der Waals surface area contributed by atoms with Gasteiger partial charge in [0.2, 0.25) is 5.91 Å². The predicted molar refractivity (Wildman–Crippen MR) is 98.1 cm³/mol. The first kappa shape index (κ1) is 16.8. The molecule has 0 radical (unpaired) electrons. The molecule has 1 saturated carbocycles. The molecule has 1 aromatic rings. The molecular weight excluding hydrogens is 330 g/mol. The maximum absolute atomic E-state index is 12.9. The summed E-state index contributed by atoms with van der Waals surface area (Å²) in [6.45, 7) is 5.42. The lowest BCUT2D eigenvalue weighted by Gasteiger charge is -2.34. The number of piperidine rings is 1. The van der Waals surface area contributed by atoms with Crippen LogP contribution in [0.25, 0.3) is 0 Å². The van der Waals surface area contributed by atoms with Crippen LogP contribution in [0.5, 0.6) is 0 Å². The maximum Gasteiger partial charge on any atom is 0.263 e. The fraction of sp³-hybridized carbons (Fsp3) is 0.450. The average Bonchev–Trinajstić information content (AvgIpc) is 3.46. The molecule has 2 fully saturated rings. The molecule has 0 bridgehead atoms. The van der Waals surface area contributed by atoms with Crippen LogP contribution in [0.15, 0.2) is 30.9 Å². The predicted octanol–water partition coefficient (Wildman–Crippen LogP) is 1.96. The minimum atomic E-state index is -0.179. The minimum Gasteiger partial charge on any atom is -0.370 e. The third-order valence-electron chi connectivity index (χ3n) is 5.39. The number of amides is 3. The Kier molecular flexibility index (Phi) is 4.26. The second-order valence-electron chi connectivity index (χ2n) is 7.23. The highest BCUT2D eigenvalue weighted by molar-refractivity contribution is 6.24. The molecule has 1 N–H and O–H groups in total. The Morgan fingerprint density at radius 1 is 1.23 bits per heavy atom. The van der Waals surface area contributed by atoms with Gasteiger partial charge in [0.15, 0.2) is 0 Å². The number of nitrogens with one attached hydrogen (secondary N) is 1. The van der Waals surface area contributed by atoms with E-state index >= 15 is 0 Å². The molecule has 2 aliphatic heterocycles. The van der Waals surface area contributed by atoms with E-state index in [2.05, 4.69) is 16.8 Å². The monoisotopic (exact) mass is 353 g/mol. The highest BCUT2D eigenvalue weighted by Gasteiger charge is 2.46. The minimum absolute atomic E-state index is 0.0178. The highest BCUT2D eigenvalue weighted by Crippen LogP contribution is 2.39. The lowest BCUT2D eigenvalue weighted by molar-refractivity contribution is -0.125. The van der Waals surface area contributed by atoms with Gasteiger partial charge in [-0.1, -0.05) is 12.1 Å². The Morgan fingerprint density at radius 2 is 2.04 bits per heavy atom. The summed E-state index contributed by atoms with van der Waals surface area (Å²) < 4.78 is 0. The van der Waals surface area contributed by atoms with E-state index in [1.807, 2.05) is 12.1 Å². The second kappa shape index (κ2) is 6.59. The van der Waals surface area contributed by atoms with Gasteiger partial charge in [-0.2, -0.15) is 0 Å². The summed E-state index contributed by atoms with van der Waals surface area (Å²) in [5.41, 5.74) is 1.79. The molecule has 1 saturated heterocycles. The summed E-state index contributed by atoms with van der Waals surface area (Å²) in [4.78, 5) is 41.4. The molecule has 0 spiro atoms. The number of fused-ring (bicyclic) bond motifs is 1. The van der Waals surface area contributed by atoms with Gasteiger partial charge in [-0.25, -0.2) is 0 Å². The third-order valence-corrected chi connectivity index (χ3v) is 5.39. The Labute approximate surface area is 152 Å². The number of carbonyl (C=O) groups excluding carboxylic acids is 3. The van der Waals surface area contributed by atoms with Gasteiger partial charge < -0.3 is 10.2 Å². The van der Waals surface area contributed by atoms with Gasteiger partial charge in [-0.05, 0) is 37.8 Å². The van der Waals surface area contributed by atoms with Gasteiger partial charge in [0.25, 0.3) is 11.8 Å². The van der Waals surface area contributed by atoms with Crippen LogP contribution in [0.1, 0.15) is 46.4 Å². The molecule has 1 atom stereocenters. The summed E-state index contributed by atoms with van der Waals surface area (Å²) in [6, 6.07) is 5.52. The summed E-state index contributed by atoms with van der Waals surface area (Å²) >= 11 is 0. The maximum atomic E-state index is 12.9. The zero-order valence-electron chi connectivity index (χ0n) is 14.7. The van der Waals surface area contributed by atoms with Gasteiger partial charge in [0, 0.05) is 25.7 Å². The molecule has 3 amide bonds. The number of rotatable bonds is 5. The Morgan fingerprint density at radius 3 is 2.77 bits per heavy atom. The summed E-state index contributed by atoms with van der Waals surface area (Å²) in [7, 11) is 0. The Balaban J connectivity index is 1.59. The van der Waals surface area contributed by atoms with Crippen LogP contribution in [-0.2, 0) is 4.79 Å². The Bertz CT molecular complexity index is 785. The molecule has 6 nitrogen and oxygen atoms in total. The second-order valence-corrected chi connectivity index (χ2v) is 7.23. The molecule has 136 valence electrons. The van der Waals surface area contributed by atoms with Crippen molar-refractivity contribution in [2.24, 2.45) is 5.92 Å². The highest BCUT2D eigenvalue weighted by atomic mass is 16.2. The largest absolute Gasteiger partial charge is 0.370 e. The van der Waals surface area contributed by atoms with Crippen LogP contribution in [0.2, 0.25) is 0 Å². The zero-order chi connectivity index (χ0) is 18.3. The van der Waals surface area contributed by atoms with Crippen molar-refractivity contribution in [2.75, 3.05) is 24.5 Å².